The summed E-state index contributed by atoms with van der Waals surface area (Å²) in [4.78, 5) is 11.6. The van der Waals surface area contributed by atoms with Gasteiger partial charge < -0.3 is 14.7 Å². The third-order valence-corrected chi connectivity index (χ3v) is 5.07. The molecular weight excluding hydrogens is 371 g/mol. The van der Waals surface area contributed by atoms with Crippen molar-refractivity contribution < 1.29 is 14.2 Å². The molecule has 2 aromatic carbocycles. The van der Waals surface area contributed by atoms with E-state index >= 15 is 0 Å². The van der Waals surface area contributed by atoms with Crippen molar-refractivity contribution in [3.63, 3.8) is 0 Å². The second-order valence-corrected chi connectivity index (χ2v) is 6.91. The number of imidazole rings is 1. The molecule has 0 saturated carbocycles. The van der Waals surface area contributed by atoms with E-state index < -0.39 is 0 Å². The molecule has 1 aliphatic heterocycles. The van der Waals surface area contributed by atoms with Crippen LogP contribution in [0.15, 0.2) is 60.9 Å². The Morgan fingerprint density at radius 1 is 1.00 bits per heavy atom. The zero-order valence-electron chi connectivity index (χ0n) is 15.6. The Morgan fingerprint density at radius 3 is 2.55 bits per heavy atom. The minimum absolute atomic E-state index is 0.186. The number of hydrogen-bond donors (Lipinski definition) is 1. The highest BCUT2D eigenvalue weighted by molar-refractivity contribution is 5.84. The zero-order chi connectivity index (χ0) is 19.8. The fourth-order valence-electron chi connectivity index (χ4n) is 3.69. The number of anilines is 1. The first-order valence-electron chi connectivity index (χ1n) is 9.46. The molecule has 4 aromatic rings. The molecule has 1 fully saturated rings. The number of benzene rings is 2. The molecule has 5 rings (SSSR count). The van der Waals surface area contributed by atoms with Crippen molar-refractivity contribution in [3.8, 4) is 28.3 Å². The average Bonchev–Trinajstić information content (AvgIpc) is 3.15. The van der Waals surface area contributed by atoms with Gasteiger partial charge in [0.1, 0.15) is 11.6 Å². The van der Waals surface area contributed by atoms with Gasteiger partial charge in [-0.25, -0.2) is 14.4 Å². The quantitative estimate of drug-likeness (QED) is 0.577. The monoisotopic (exact) mass is 390 g/mol. The van der Waals surface area contributed by atoms with Gasteiger partial charge in [-0.2, -0.15) is 0 Å². The predicted octanol–water partition coefficient (Wildman–Crippen LogP) is 3.74. The van der Waals surface area contributed by atoms with Crippen LogP contribution < -0.4 is 4.90 Å². The van der Waals surface area contributed by atoms with Crippen molar-refractivity contribution in [2.45, 2.75) is 0 Å². The summed E-state index contributed by atoms with van der Waals surface area (Å²) in [5.74, 6) is 0.645. The summed E-state index contributed by atoms with van der Waals surface area (Å²) >= 11 is 0. The number of phenols is 1. The standard InChI is InChI=1S/C22H19FN4O2/c23-17-3-1-2-16(14-17)19-20(15-4-6-18(28)7-5-15)27-9-8-24-21(22(27)25-19)26-10-12-29-13-11-26/h1-9,14,28H,10-13H2. The summed E-state index contributed by atoms with van der Waals surface area (Å²) in [6.07, 6.45) is 3.61. The van der Waals surface area contributed by atoms with Crippen LogP contribution in [0.5, 0.6) is 5.75 Å². The van der Waals surface area contributed by atoms with Crippen LogP contribution in [0.4, 0.5) is 10.2 Å². The van der Waals surface area contributed by atoms with Crippen LogP contribution in [0, 0.1) is 5.82 Å². The van der Waals surface area contributed by atoms with Crippen LogP contribution in [0.2, 0.25) is 0 Å². The number of morpholine rings is 1. The molecule has 1 N–H and O–H groups in total. The van der Waals surface area contributed by atoms with E-state index in [1.54, 1.807) is 24.4 Å². The van der Waals surface area contributed by atoms with Crippen LogP contribution in [-0.2, 0) is 4.74 Å². The number of aromatic hydroxyl groups is 1. The largest absolute Gasteiger partial charge is 0.508 e. The molecular formula is C22H19FN4O2. The van der Waals surface area contributed by atoms with E-state index in [1.807, 2.05) is 28.8 Å². The van der Waals surface area contributed by atoms with E-state index in [9.17, 15) is 9.50 Å². The van der Waals surface area contributed by atoms with Crippen molar-refractivity contribution in [2.75, 3.05) is 31.2 Å². The van der Waals surface area contributed by atoms with E-state index in [0.717, 1.165) is 30.2 Å². The summed E-state index contributed by atoms with van der Waals surface area (Å²) < 4.78 is 21.4. The zero-order valence-corrected chi connectivity index (χ0v) is 15.6. The summed E-state index contributed by atoms with van der Waals surface area (Å²) in [5.41, 5.74) is 3.75. The van der Waals surface area contributed by atoms with Gasteiger partial charge in [-0.15, -0.1) is 0 Å². The number of ether oxygens (including phenoxy) is 1. The normalized spacial score (nSPS) is 14.4. The Labute approximate surface area is 166 Å². The Balaban J connectivity index is 1.77. The first kappa shape index (κ1) is 17.6. The number of aromatic nitrogens is 3. The van der Waals surface area contributed by atoms with Crippen LogP contribution in [0.25, 0.3) is 28.2 Å². The third-order valence-electron chi connectivity index (χ3n) is 5.07. The van der Waals surface area contributed by atoms with Crippen LogP contribution in [-0.4, -0.2) is 45.8 Å². The molecule has 29 heavy (non-hydrogen) atoms. The average molecular weight is 390 g/mol. The molecule has 146 valence electrons. The fourth-order valence-corrected chi connectivity index (χ4v) is 3.69. The molecule has 6 nitrogen and oxygen atoms in total. The third kappa shape index (κ3) is 3.19. The van der Waals surface area contributed by atoms with E-state index in [4.69, 9.17) is 9.72 Å². The van der Waals surface area contributed by atoms with Gasteiger partial charge in [-0.3, -0.25) is 4.40 Å². The van der Waals surface area contributed by atoms with Crippen molar-refractivity contribution >= 4 is 11.5 Å². The minimum Gasteiger partial charge on any atom is -0.508 e. The molecule has 3 heterocycles. The van der Waals surface area contributed by atoms with Crippen molar-refractivity contribution in [3.05, 3.63) is 66.7 Å². The summed E-state index contributed by atoms with van der Waals surface area (Å²) in [6.45, 7) is 2.77. The van der Waals surface area contributed by atoms with Crippen molar-refractivity contribution in [1.82, 2.24) is 14.4 Å². The number of hydrogen-bond acceptors (Lipinski definition) is 5. The van der Waals surface area contributed by atoms with Gasteiger partial charge in [0.25, 0.3) is 0 Å². The van der Waals surface area contributed by atoms with Gasteiger partial charge in [0.2, 0.25) is 0 Å². The molecule has 0 radical (unpaired) electrons. The highest BCUT2D eigenvalue weighted by atomic mass is 19.1. The van der Waals surface area contributed by atoms with Crippen LogP contribution in [0.3, 0.4) is 0 Å². The molecule has 0 atom stereocenters. The van der Waals surface area contributed by atoms with Gasteiger partial charge in [0.05, 0.1) is 24.6 Å². The summed E-state index contributed by atoms with van der Waals surface area (Å²) in [6, 6.07) is 13.3. The van der Waals surface area contributed by atoms with E-state index in [1.165, 1.54) is 12.1 Å². The molecule has 1 aliphatic rings. The lowest BCUT2D eigenvalue weighted by atomic mass is 10.0. The Morgan fingerprint density at radius 2 is 1.79 bits per heavy atom. The van der Waals surface area contributed by atoms with Crippen LogP contribution >= 0.6 is 0 Å². The van der Waals surface area contributed by atoms with E-state index in [2.05, 4.69) is 9.88 Å². The first-order chi connectivity index (χ1) is 14.2. The number of rotatable bonds is 3. The van der Waals surface area contributed by atoms with Gasteiger partial charge in [0.15, 0.2) is 11.5 Å². The Bertz CT molecular complexity index is 1170. The number of halogens is 1. The topological polar surface area (TPSA) is 62.9 Å². The lowest BCUT2D eigenvalue weighted by Gasteiger charge is -2.27. The maximum absolute atomic E-state index is 14.0. The summed E-state index contributed by atoms with van der Waals surface area (Å²) in [5, 5.41) is 9.70. The first-order valence-corrected chi connectivity index (χ1v) is 9.46. The Hall–Kier alpha value is -3.45. The predicted molar refractivity (Wildman–Crippen MR) is 109 cm³/mol. The molecule has 0 aliphatic carbocycles. The van der Waals surface area contributed by atoms with Gasteiger partial charge in [-0.1, -0.05) is 12.1 Å². The molecule has 7 heteroatoms. The van der Waals surface area contributed by atoms with Gasteiger partial charge in [-0.05, 0) is 36.4 Å². The van der Waals surface area contributed by atoms with Crippen LogP contribution in [0.1, 0.15) is 0 Å². The van der Waals surface area contributed by atoms with E-state index in [-0.39, 0.29) is 11.6 Å². The number of nitrogens with zero attached hydrogens (tertiary/aromatic N) is 4. The van der Waals surface area contributed by atoms with Gasteiger partial charge >= 0.3 is 0 Å². The number of fused-ring (bicyclic) bond motifs is 1. The fraction of sp³-hybridized carbons (Fsp3) is 0.182. The minimum atomic E-state index is -0.317. The second-order valence-electron chi connectivity index (χ2n) is 6.91. The maximum atomic E-state index is 14.0. The SMILES string of the molecule is Oc1ccc(-c2c(-c3cccc(F)c3)nc3c(N4CCOCC4)nccn23)cc1. The lowest BCUT2D eigenvalue weighted by molar-refractivity contribution is 0.122. The smallest absolute Gasteiger partial charge is 0.181 e. The highest BCUT2D eigenvalue weighted by Crippen LogP contribution is 2.35. The second kappa shape index (κ2) is 7.18. The van der Waals surface area contributed by atoms with E-state index in [0.29, 0.717) is 30.1 Å². The molecule has 0 unspecified atom stereocenters. The molecule has 1 saturated heterocycles. The summed E-state index contributed by atoms with van der Waals surface area (Å²) in [7, 11) is 0. The van der Waals surface area contributed by atoms with Crippen molar-refractivity contribution in [2.24, 2.45) is 0 Å². The highest BCUT2D eigenvalue weighted by Gasteiger charge is 2.22. The molecule has 0 bridgehead atoms. The molecule has 0 amide bonds. The maximum Gasteiger partial charge on any atom is 0.181 e. The van der Waals surface area contributed by atoms with Gasteiger partial charge in [0, 0.05) is 36.6 Å². The number of phenolic OH excluding ortho intramolecular Hbond substituents is 1. The molecule has 2 aromatic heterocycles. The lowest BCUT2D eigenvalue weighted by Crippen LogP contribution is -2.37. The van der Waals surface area contributed by atoms with Crippen molar-refractivity contribution in [1.29, 1.82) is 0 Å². The Kier molecular flexibility index (Phi) is 4.37. The molecule has 0 spiro atoms.